The van der Waals surface area contributed by atoms with Gasteiger partial charge in [0.25, 0.3) is 0 Å². The summed E-state index contributed by atoms with van der Waals surface area (Å²) in [6.45, 7) is 7.73. The minimum atomic E-state index is -1.88. The predicted octanol–water partition coefficient (Wildman–Crippen LogP) is 38.6. The summed E-state index contributed by atoms with van der Waals surface area (Å²) in [5.74, 6) is 0. The number of fused-ring (bicyclic) bond motifs is 2. The third kappa shape index (κ3) is 33.2. The molecular weight excluding hydrogens is 1890 g/mol. The molecule has 0 spiro atoms. The van der Waals surface area contributed by atoms with Crippen molar-refractivity contribution < 1.29 is 27.0 Å². The number of rotatable bonds is 16. The average Bonchev–Trinajstić information content (AvgIpc) is 1.64. The summed E-state index contributed by atoms with van der Waals surface area (Å²) in [6.07, 6.45) is 101. The standard InChI is InChI=1S/4C18H33P.C16H12.C15H10.C8H8.C7H6.4ClH.2Ru/c4*1-4-10-16(11-5-1)19(17-12-6-2-7-13-17)18-14-8-3-9-15-18;1-12-11-16(13-7-3-2-4-8-13)15-10-6-5-9-14(12)15;1-2-6-12(7-3-1)15-11-10-13-8-4-5-9-14(13)15;1-2-8-6-4-3-5-7-8;1-7-5-3-2-4-6-7;;;;;;/h4*16-18H,1-15H2;2-11H,1H2;1-9,11H;2-7H,1H2;1-6H;4*1H;;/q;;;;;;;;;;;;2*+2. The van der Waals surface area contributed by atoms with Crippen LogP contribution in [0.4, 0.5) is 0 Å². The van der Waals surface area contributed by atoms with Gasteiger partial charge in [-0.2, -0.15) is 0 Å². The fourth-order valence-corrected chi connectivity index (χ4v) is 52.0. The van der Waals surface area contributed by atoms with Crippen molar-refractivity contribution in [3.63, 3.8) is 0 Å². The first-order valence-electron chi connectivity index (χ1n) is 53.5. The first-order valence-corrected chi connectivity index (χ1v) is 71.2. The van der Waals surface area contributed by atoms with Gasteiger partial charge in [0.1, 0.15) is 0 Å². The Labute approximate surface area is 814 Å². The van der Waals surface area contributed by atoms with Gasteiger partial charge in [-0.3, -0.25) is 0 Å². The number of allylic oxidation sites excluding steroid dienone is 3. The van der Waals surface area contributed by atoms with Crippen molar-refractivity contribution in [2.24, 2.45) is 0 Å². The Morgan fingerprint density at radius 1 is 0.227 bits per heavy atom. The molecule has 14 aliphatic carbocycles. The monoisotopic (exact) mass is 2060 g/mol. The van der Waals surface area contributed by atoms with Gasteiger partial charge in [0, 0.05) is 31.7 Å². The summed E-state index contributed by atoms with van der Waals surface area (Å²) in [5.41, 5.74) is 28.1. The van der Waals surface area contributed by atoms with Crippen molar-refractivity contribution in [3.05, 3.63) is 240 Å². The van der Waals surface area contributed by atoms with E-state index in [9.17, 15) is 0 Å². The summed E-state index contributed by atoms with van der Waals surface area (Å²) in [5, 5.41) is 0. The molecule has 0 nitrogen and oxygen atoms in total. The topological polar surface area (TPSA) is 0 Å². The molecule has 12 fully saturated rings. The summed E-state index contributed by atoms with van der Waals surface area (Å²) in [4.78, 5) is 0. The summed E-state index contributed by atoms with van der Waals surface area (Å²) in [6, 6.07) is 57.5. The van der Waals surface area contributed by atoms with Crippen molar-refractivity contribution in [1.82, 2.24) is 0 Å². The molecule has 128 heavy (non-hydrogen) atoms. The molecule has 12 saturated carbocycles. The zero-order chi connectivity index (χ0) is 88.4. The summed E-state index contributed by atoms with van der Waals surface area (Å²) < 4.78 is 3.05. The van der Waals surface area contributed by atoms with E-state index < -0.39 is 27.0 Å². The van der Waals surface area contributed by atoms with Crippen molar-refractivity contribution in [2.75, 3.05) is 0 Å². The molecule has 0 N–H and O–H groups in total. The molecule has 0 aliphatic heterocycles. The molecule has 6 aromatic carbocycles. The molecule has 0 saturated heterocycles. The van der Waals surface area contributed by atoms with Crippen LogP contribution in [0.15, 0.2) is 195 Å². The molecule has 0 atom stereocenters. The Morgan fingerprint density at radius 2 is 0.422 bits per heavy atom. The molecule has 704 valence electrons. The van der Waals surface area contributed by atoms with E-state index in [1.807, 2.05) is 102 Å². The van der Waals surface area contributed by atoms with Crippen LogP contribution in [-0.4, -0.2) is 76.6 Å². The van der Waals surface area contributed by atoms with Gasteiger partial charge in [0.05, 0.1) is 67.9 Å². The maximum absolute atomic E-state index is 6.19. The van der Waals surface area contributed by atoms with Gasteiger partial charge in [0.15, 0.2) is 0 Å². The zero-order valence-corrected chi connectivity index (χ0v) is 90.0. The van der Waals surface area contributed by atoms with Gasteiger partial charge >= 0.3 is 193 Å². The van der Waals surface area contributed by atoms with E-state index in [-0.39, 0.29) is 31.7 Å². The van der Waals surface area contributed by atoms with Crippen LogP contribution >= 0.6 is 70.5 Å². The fourth-order valence-electron chi connectivity index (χ4n) is 26.8. The van der Waals surface area contributed by atoms with Gasteiger partial charge < -0.3 is 0 Å². The van der Waals surface area contributed by atoms with Crippen molar-refractivity contribution >= 4 is 102 Å². The molecule has 0 heterocycles. The van der Waals surface area contributed by atoms with E-state index in [2.05, 4.69) is 104 Å². The Kier molecular flexibility index (Phi) is 48.1. The van der Waals surface area contributed by atoms with Crippen molar-refractivity contribution in [3.8, 4) is 0 Å². The molecule has 20 rings (SSSR count). The fraction of sp³-hybridized carbons (Fsp3) is 0.610. The summed E-state index contributed by atoms with van der Waals surface area (Å²) in [7, 11) is 23.5. The second kappa shape index (κ2) is 59.4. The van der Waals surface area contributed by atoms with Crippen molar-refractivity contribution in [2.45, 2.75) is 453 Å². The molecule has 10 heteroatoms. The van der Waals surface area contributed by atoms with E-state index >= 15 is 0 Å². The summed E-state index contributed by atoms with van der Waals surface area (Å²) >= 11 is -3.50. The van der Waals surface area contributed by atoms with Gasteiger partial charge in [-0.1, -0.05) is 181 Å². The molecule has 0 aromatic heterocycles. The van der Waals surface area contributed by atoms with Crippen LogP contribution in [0.1, 0.15) is 430 Å². The molecule has 0 unspecified atom stereocenters. The third-order valence-corrected chi connectivity index (χ3v) is 56.1. The Morgan fingerprint density at radius 3 is 0.641 bits per heavy atom. The van der Waals surface area contributed by atoms with Crippen LogP contribution in [0.5, 0.6) is 0 Å². The van der Waals surface area contributed by atoms with Crippen molar-refractivity contribution in [1.29, 1.82) is 0 Å². The molecule has 0 amide bonds. The molecule has 0 radical (unpaired) electrons. The van der Waals surface area contributed by atoms with Gasteiger partial charge in [0.2, 0.25) is 0 Å². The predicted molar refractivity (Wildman–Crippen MR) is 580 cm³/mol. The van der Waals surface area contributed by atoms with Gasteiger partial charge in [-0.25, -0.2) is 0 Å². The molecule has 0 bridgehead atoms. The van der Waals surface area contributed by atoms with Crippen LogP contribution < -0.4 is 0 Å². The Balaban J connectivity index is 0.000000126. The quantitative estimate of drug-likeness (QED) is 0.0669. The zero-order valence-electron chi connectivity index (χ0n) is 79.5. The van der Waals surface area contributed by atoms with Gasteiger partial charge in [-0.05, 0) is 348 Å². The maximum atomic E-state index is 6.19. The first kappa shape index (κ1) is 104. The van der Waals surface area contributed by atoms with Crippen LogP contribution in [0, 0.1) is 0 Å². The third-order valence-electron chi connectivity index (χ3n) is 32.9. The van der Waals surface area contributed by atoms with E-state index in [0.717, 1.165) is 15.2 Å². The molecule has 14 aliphatic rings. The Bertz CT molecular complexity index is 3790. The van der Waals surface area contributed by atoms with E-state index in [4.69, 9.17) is 38.8 Å². The van der Waals surface area contributed by atoms with Crippen LogP contribution in [0.2, 0.25) is 0 Å². The minimum absolute atomic E-state index is 0.0465. The molecule has 6 aromatic rings. The van der Waals surface area contributed by atoms with E-state index in [1.165, 1.54) is 118 Å². The van der Waals surface area contributed by atoms with Gasteiger partial charge in [-0.15, -0.1) is 0 Å². The second-order valence-corrected chi connectivity index (χ2v) is 66.7. The first-order chi connectivity index (χ1) is 63.1. The average molecular weight is 2060 g/mol. The van der Waals surface area contributed by atoms with E-state index in [0.29, 0.717) is 0 Å². The number of benzene rings is 6. The molecular formula is C118H172Cl4P4Ru2+4. The number of halogens is 4. The Hall–Kier alpha value is -1.85. The van der Waals surface area contributed by atoms with Crippen LogP contribution in [0.25, 0.3) is 22.8 Å². The van der Waals surface area contributed by atoms with E-state index in [1.54, 1.807) is 385 Å². The number of hydrogen-bond acceptors (Lipinski definition) is 0. The SMILES string of the molecule is C1CCC([PH+](C2CCCCC2)C2CCCCC2)CC1.C1CCC([PH+](C2CCCCC2)C2CCCCC2)CC1.C1CCC([PH+](C2CCCCC2)C2CCCCC2)CC1.C1CCC([PH+](C2CCCCC2)C2CCCCC2)CC1.C=C1C=C(c2ccccc2)c2ccccc21.C=Cc1ccccc1.[Cl][Ru]([Cl])=[CH]c1ccccc1.[Cl][Ru]([Cl])=[C]1C=C(c2ccccc2)c2ccccc21. The number of hydrogen-bond donors (Lipinski definition) is 0. The van der Waals surface area contributed by atoms with Crippen LogP contribution in [0.3, 0.4) is 0 Å². The van der Waals surface area contributed by atoms with Crippen LogP contribution in [-0.2, 0) is 27.0 Å². The normalized spacial score (nSPS) is 22.2. The second-order valence-electron chi connectivity index (χ2n) is 41.3.